The lowest BCUT2D eigenvalue weighted by atomic mass is 9.84. The van der Waals surface area contributed by atoms with Crippen molar-refractivity contribution < 1.29 is 28.7 Å². The SMILES string of the molecule is CC(C)=CCOC(=O)[C@]12OC(=O)C[C@H]1CS[C@@H]1[C@H](CC(=O)Cc3ccccc3)C(=O)N12. The summed E-state index contributed by atoms with van der Waals surface area (Å²) in [5.41, 5.74) is 0.175. The number of allylic oxidation sites excluding steroid dienone is 1. The quantitative estimate of drug-likeness (QED) is 0.363. The van der Waals surface area contributed by atoms with Crippen molar-refractivity contribution in [3.05, 3.63) is 47.5 Å². The Balaban J connectivity index is 1.49. The Morgan fingerprint density at radius 1 is 1.26 bits per heavy atom. The Morgan fingerprint density at radius 2 is 2.00 bits per heavy atom. The molecule has 164 valence electrons. The highest BCUT2D eigenvalue weighted by Crippen LogP contribution is 2.54. The standard InChI is InChI=1S/C23H25NO6S/c1-14(2)8-9-29-22(28)23-16(11-19(26)30-23)13-31-21-18(20(27)24(21)23)12-17(25)10-15-6-4-3-5-7-15/h3-8,16,18,21H,9-13H2,1-2H3/t16-,18+,21+,23+/m0/s1. The van der Waals surface area contributed by atoms with E-state index in [9.17, 15) is 19.2 Å². The highest BCUT2D eigenvalue weighted by molar-refractivity contribution is 8.00. The number of esters is 2. The summed E-state index contributed by atoms with van der Waals surface area (Å²) in [6.45, 7) is 3.81. The second-order valence-corrected chi connectivity index (χ2v) is 9.54. The molecule has 8 heteroatoms. The molecule has 0 aromatic heterocycles. The van der Waals surface area contributed by atoms with E-state index in [1.165, 1.54) is 16.7 Å². The summed E-state index contributed by atoms with van der Waals surface area (Å²) in [6, 6.07) is 9.38. The number of fused-ring (bicyclic) bond motifs is 3. The molecule has 1 aromatic rings. The topological polar surface area (TPSA) is 90.0 Å². The van der Waals surface area contributed by atoms with E-state index in [1.54, 1.807) is 6.08 Å². The van der Waals surface area contributed by atoms with E-state index >= 15 is 0 Å². The lowest BCUT2D eigenvalue weighted by Crippen LogP contribution is -2.75. The fourth-order valence-corrected chi connectivity index (χ4v) is 5.99. The van der Waals surface area contributed by atoms with Crippen LogP contribution in [0.2, 0.25) is 0 Å². The normalized spacial score (nSPS) is 28.7. The first-order valence-electron chi connectivity index (χ1n) is 10.4. The highest BCUT2D eigenvalue weighted by atomic mass is 32.2. The number of thioether (sulfide) groups is 1. The number of nitrogens with zero attached hydrogens (tertiary/aromatic N) is 1. The van der Waals surface area contributed by atoms with Gasteiger partial charge in [-0.25, -0.2) is 4.79 Å². The van der Waals surface area contributed by atoms with Gasteiger partial charge >= 0.3 is 11.9 Å². The summed E-state index contributed by atoms with van der Waals surface area (Å²) in [6.07, 6.45) is 2.18. The fourth-order valence-electron chi connectivity index (χ4n) is 4.36. The predicted octanol–water partition coefficient (Wildman–Crippen LogP) is 2.49. The second kappa shape index (κ2) is 8.49. The minimum absolute atomic E-state index is 0.0319. The monoisotopic (exact) mass is 443 g/mol. The molecule has 0 aliphatic carbocycles. The molecule has 7 nitrogen and oxygen atoms in total. The zero-order chi connectivity index (χ0) is 22.2. The van der Waals surface area contributed by atoms with E-state index in [-0.39, 0.29) is 42.9 Å². The van der Waals surface area contributed by atoms with Crippen molar-refractivity contribution in [2.24, 2.45) is 11.8 Å². The van der Waals surface area contributed by atoms with Crippen molar-refractivity contribution in [3.63, 3.8) is 0 Å². The van der Waals surface area contributed by atoms with E-state index in [0.717, 1.165) is 11.1 Å². The minimum Gasteiger partial charge on any atom is -0.457 e. The number of ether oxygens (including phenoxy) is 2. The molecule has 3 aliphatic rings. The van der Waals surface area contributed by atoms with Gasteiger partial charge in [-0.15, -0.1) is 11.8 Å². The van der Waals surface area contributed by atoms with Crippen LogP contribution in [0, 0.1) is 11.8 Å². The number of β-lactam (4-membered cyclic amide) rings is 1. The molecule has 3 saturated heterocycles. The number of hydrogen-bond acceptors (Lipinski definition) is 7. The van der Waals surface area contributed by atoms with Crippen molar-refractivity contribution in [3.8, 4) is 0 Å². The molecule has 0 unspecified atom stereocenters. The van der Waals surface area contributed by atoms with Crippen LogP contribution in [0.15, 0.2) is 42.0 Å². The van der Waals surface area contributed by atoms with E-state index in [1.807, 2.05) is 44.2 Å². The van der Waals surface area contributed by atoms with Crippen LogP contribution >= 0.6 is 11.8 Å². The summed E-state index contributed by atoms with van der Waals surface area (Å²) < 4.78 is 10.9. The number of ketones is 1. The summed E-state index contributed by atoms with van der Waals surface area (Å²) in [5, 5.41) is -0.384. The molecule has 4 rings (SSSR count). The number of hydrogen-bond donors (Lipinski definition) is 0. The number of carbonyl (C=O) groups excluding carboxylic acids is 4. The van der Waals surface area contributed by atoms with E-state index in [2.05, 4.69) is 0 Å². The van der Waals surface area contributed by atoms with Gasteiger partial charge in [0.1, 0.15) is 12.4 Å². The van der Waals surface area contributed by atoms with Crippen molar-refractivity contribution in [1.82, 2.24) is 4.90 Å². The molecule has 3 heterocycles. The van der Waals surface area contributed by atoms with Gasteiger partial charge < -0.3 is 9.47 Å². The zero-order valence-electron chi connectivity index (χ0n) is 17.5. The summed E-state index contributed by atoms with van der Waals surface area (Å²) in [7, 11) is 0. The predicted molar refractivity (Wildman–Crippen MR) is 114 cm³/mol. The average molecular weight is 444 g/mol. The van der Waals surface area contributed by atoms with E-state index in [4.69, 9.17) is 9.47 Å². The van der Waals surface area contributed by atoms with E-state index < -0.39 is 29.5 Å². The van der Waals surface area contributed by atoms with Gasteiger partial charge in [0.05, 0.1) is 17.7 Å². The van der Waals surface area contributed by atoms with Gasteiger partial charge in [0.25, 0.3) is 5.72 Å². The van der Waals surface area contributed by atoms with Crippen LogP contribution in [0.4, 0.5) is 0 Å². The Hall–Kier alpha value is -2.61. The number of Topliss-reactive ketones (excluding diaryl/α,β-unsaturated/α-hetero) is 1. The lowest BCUT2D eigenvalue weighted by Gasteiger charge is -2.57. The maximum Gasteiger partial charge on any atom is 0.373 e. The largest absolute Gasteiger partial charge is 0.457 e. The third kappa shape index (κ3) is 3.89. The summed E-state index contributed by atoms with van der Waals surface area (Å²) in [4.78, 5) is 52.1. The summed E-state index contributed by atoms with van der Waals surface area (Å²) in [5.74, 6) is -2.08. The van der Waals surface area contributed by atoms with Gasteiger partial charge in [0.15, 0.2) is 0 Å². The van der Waals surface area contributed by atoms with Crippen molar-refractivity contribution in [2.75, 3.05) is 12.4 Å². The molecule has 3 aliphatic heterocycles. The maximum absolute atomic E-state index is 13.1. The third-order valence-corrected chi connectivity index (χ3v) is 7.38. The molecular weight excluding hydrogens is 418 g/mol. The first-order valence-corrected chi connectivity index (χ1v) is 11.4. The van der Waals surface area contributed by atoms with Gasteiger partial charge in [-0.05, 0) is 25.5 Å². The molecule has 1 amide bonds. The number of carbonyl (C=O) groups is 4. The van der Waals surface area contributed by atoms with Gasteiger partial charge in [-0.3, -0.25) is 19.3 Å². The first-order chi connectivity index (χ1) is 14.8. The van der Waals surface area contributed by atoms with Crippen molar-refractivity contribution >= 4 is 35.4 Å². The van der Waals surface area contributed by atoms with Crippen molar-refractivity contribution in [1.29, 1.82) is 0 Å². The molecule has 4 atom stereocenters. The van der Waals surface area contributed by atoms with Gasteiger partial charge in [-0.2, -0.15) is 0 Å². The number of benzene rings is 1. The first kappa shape index (κ1) is 21.6. The Morgan fingerprint density at radius 3 is 2.71 bits per heavy atom. The molecule has 1 aromatic carbocycles. The highest BCUT2D eigenvalue weighted by Gasteiger charge is 2.71. The smallest absolute Gasteiger partial charge is 0.373 e. The maximum atomic E-state index is 13.1. The second-order valence-electron chi connectivity index (χ2n) is 8.40. The molecule has 0 radical (unpaired) electrons. The average Bonchev–Trinajstić information content (AvgIpc) is 3.07. The Kier molecular flexibility index (Phi) is 5.92. The zero-order valence-corrected chi connectivity index (χ0v) is 18.4. The van der Waals surface area contributed by atoms with Crippen LogP contribution in [0.5, 0.6) is 0 Å². The van der Waals surface area contributed by atoms with Gasteiger partial charge in [0.2, 0.25) is 5.91 Å². The van der Waals surface area contributed by atoms with E-state index in [0.29, 0.717) is 5.75 Å². The van der Waals surface area contributed by atoms with Crippen LogP contribution in [-0.2, 0) is 35.1 Å². The van der Waals surface area contributed by atoms with Crippen LogP contribution in [0.1, 0.15) is 32.3 Å². The summed E-state index contributed by atoms with van der Waals surface area (Å²) >= 11 is 1.50. The Labute approximate surface area is 185 Å². The fraction of sp³-hybridized carbons (Fsp3) is 0.478. The molecular formula is C23H25NO6S. The van der Waals surface area contributed by atoms with Crippen LogP contribution in [-0.4, -0.2) is 52.0 Å². The van der Waals surface area contributed by atoms with Crippen LogP contribution < -0.4 is 0 Å². The number of rotatable bonds is 7. The molecule has 3 fully saturated rings. The van der Waals surface area contributed by atoms with Gasteiger partial charge in [-0.1, -0.05) is 35.9 Å². The van der Waals surface area contributed by atoms with Crippen molar-refractivity contribution in [2.45, 2.75) is 44.2 Å². The van der Waals surface area contributed by atoms with Crippen LogP contribution in [0.3, 0.4) is 0 Å². The molecule has 0 spiro atoms. The minimum atomic E-state index is -1.71. The molecule has 0 saturated carbocycles. The third-order valence-electron chi connectivity index (χ3n) is 5.91. The van der Waals surface area contributed by atoms with Gasteiger partial charge in [0, 0.05) is 24.5 Å². The number of amides is 1. The Bertz CT molecular complexity index is 941. The molecule has 0 N–H and O–H groups in total. The lowest BCUT2D eigenvalue weighted by molar-refractivity contribution is -0.222. The van der Waals surface area contributed by atoms with Crippen LogP contribution in [0.25, 0.3) is 0 Å². The molecule has 31 heavy (non-hydrogen) atoms. The molecule has 0 bridgehead atoms.